The van der Waals surface area contributed by atoms with Gasteiger partial charge in [0.25, 0.3) is 0 Å². The van der Waals surface area contributed by atoms with Crippen molar-refractivity contribution < 1.29 is 9.53 Å². The minimum Gasteiger partial charge on any atom is -0.497 e. The fourth-order valence-electron chi connectivity index (χ4n) is 1.70. The Bertz CT molecular complexity index is 413. The molecule has 0 aliphatic rings. The van der Waals surface area contributed by atoms with Gasteiger partial charge in [-0.25, -0.2) is 0 Å². The van der Waals surface area contributed by atoms with Crippen molar-refractivity contribution >= 4 is 24.3 Å². The van der Waals surface area contributed by atoms with Gasteiger partial charge in [-0.3, -0.25) is 4.79 Å². The SMILES string of the molecule is COc1ccc(/C=C/C(=O)C(C)CN(C)C)cc1.Cl. The lowest BCUT2D eigenvalue weighted by molar-refractivity contribution is -0.118. The van der Waals surface area contributed by atoms with Crippen LogP contribution < -0.4 is 4.74 Å². The van der Waals surface area contributed by atoms with Gasteiger partial charge >= 0.3 is 0 Å². The smallest absolute Gasteiger partial charge is 0.159 e. The van der Waals surface area contributed by atoms with E-state index in [2.05, 4.69) is 0 Å². The highest BCUT2D eigenvalue weighted by atomic mass is 35.5. The number of carbonyl (C=O) groups excluding carboxylic acids is 1. The van der Waals surface area contributed by atoms with Gasteiger partial charge in [0.1, 0.15) is 5.75 Å². The van der Waals surface area contributed by atoms with E-state index in [1.807, 2.05) is 56.3 Å². The van der Waals surface area contributed by atoms with Gasteiger partial charge in [0.2, 0.25) is 0 Å². The van der Waals surface area contributed by atoms with Crippen LogP contribution in [0.2, 0.25) is 0 Å². The van der Waals surface area contributed by atoms with E-state index < -0.39 is 0 Å². The molecule has 1 aromatic carbocycles. The van der Waals surface area contributed by atoms with Crippen molar-refractivity contribution in [3.8, 4) is 5.75 Å². The van der Waals surface area contributed by atoms with E-state index in [1.54, 1.807) is 13.2 Å². The summed E-state index contributed by atoms with van der Waals surface area (Å²) in [6.45, 7) is 2.71. The van der Waals surface area contributed by atoms with Crippen LogP contribution in [-0.4, -0.2) is 38.4 Å². The number of ether oxygens (including phenoxy) is 1. The molecule has 0 radical (unpaired) electrons. The summed E-state index contributed by atoms with van der Waals surface area (Å²) in [4.78, 5) is 13.9. The molecule has 1 aromatic rings. The first-order valence-corrected chi connectivity index (χ1v) is 6.03. The lowest BCUT2D eigenvalue weighted by Crippen LogP contribution is -2.24. The van der Waals surface area contributed by atoms with E-state index in [1.165, 1.54) is 0 Å². The normalized spacial score (nSPS) is 12.3. The Labute approximate surface area is 121 Å². The molecule has 0 saturated heterocycles. The molecular weight excluding hydrogens is 262 g/mol. The summed E-state index contributed by atoms with van der Waals surface area (Å²) >= 11 is 0. The summed E-state index contributed by atoms with van der Waals surface area (Å²) in [7, 11) is 5.57. The van der Waals surface area contributed by atoms with Gasteiger partial charge in [-0.05, 0) is 37.9 Å². The fraction of sp³-hybridized carbons (Fsp3) is 0.400. The lowest BCUT2D eigenvalue weighted by Gasteiger charge is -2.13. The molecule has 4 heteroatoms. The molecule has 3 nitrogen and oxygen atoms in total. The molecule has 106 valence electrons. The molecule has 0 amide bonds. The van der Waals surface area contributed by atoms with Gasteiger partial charge in [-0.2, -0.15) is 0 Å². The third-order valence-corrected chi connectivity index (χ3v) is 2.68. The van der Waals surface area contributed by atoms with Crippen LogP contribution in [0.1, 0.15) is 12.5 Å². The summed E-state index contributed by atoms with van der Waals surface area (Å²) in [6.07, 6.45) is 3.49. The third kappa shape index (κ3) is 6.41. The molecule has 0 spiro atoms. The monoisotopic (exact) mass is 283 g/mol. The number of rotatable bonds is 6. The van der Waals surface area contributed by atoms with Crippen LogP contribution in [0.5, 0.6) is 5.75 Å². The van der Waals surface area contributed by atoms with Crippen LogP contribution in [0.15, 0.2) is 30.3 Å². The summed E-state index contributed by atoms with van der Waals surface area (Å²) in [5, 5.41) is 0. The van der Waals surface area contributed by atoms with Crippen LogP contribution in [0, 0.1) is 5.92 Å². The van der Waals surface area contributed by atoms with Crippen LogP contribution in [0.25, 0.3) is 6.08 Å². The Kier molecular flexibility index (Phi) is 8.12. The summed E-state index contributed by atoms with van der Waals surface area (Å²) in [5.74, 6) is 0.994. The van der Waals surface area contributed by atoms with Gasteiger partial charge in [0.05, 0.1) is 7.11 Å². The molecule has 19 heavy (non-hydrogen) atoms. The number of nitrogens with zero attached hydrogens (tertiary/aromatic N) is 1. The van der Waals surface area contributed by atoms with Gasteiger partial charge in [-0.1, -0.05) is 25.1 Å². The van der Waals surface area contributed by atoms with Crippen molar-refractivity contribution in [3.63, 3.8) is 0 Å². The third-order valence-electron chi connectivity index (χ3n) is 2.68. The molecule has 1 atom stereocenters. The highest BCUT2D eigenvalue weighted by Crippen LogP contribution is 2.12. The molecule has 0 fully saturated rings. The molecule has 0 bridgehead atoms. The maximum Gasteiger partial charge on any atom is 0.159 e. The van der Waals surface area contributed by atoms with Crippen molar-refractivity contribution in [1.29, 1.82) is 0 Å². The highest BCUT2D eigenvalue weighted by Gasteiger charge is 2.10. The van der Waals surface area contributed by atoms with E-state index in [0.717, 1.165) is 17.9 Å². The number of allylic oxidation sites excluding steroid dienone is 1. The standard InChI is InChI=1S/C15H21NO2.ClH/c1-12(11-16(2)3)15(17)10-7-13-5-8-14(18-4)9-6-13;/h5-10,12H,11H2,1-4H3;1H/b10-7+;. The van der Waals surface area contributed by atoms with Crippen LogP contribution in [-0.2, 0) is 4.79 Å². The Morgan fingerprint density at radius 3 is 2.37 bits per heavy atom. The van der Waals surface area contributed by atoms with Crippen molar-refractivity contribution in [2.75, 3.05) is 27.7 Å². The zero-order valence-electron chi connectivity index (χ0n) is 11.9. The van der Waals surface area contributed by atoms with Crippen LogP contribution >= 0.6 is 12.4 Å². The van der Waals surface area contributed by atoms with E-state index in [-0.39, 0.29) is 24.1 Å². The molecule has 0 aliphatic carbocycles. The molecule has 1 unspecified atom stereocenters. The van der Waals surface area contributed by atoms with Gasteiger partial charge < -0.3 is 9.64 Å². The maximum atomic E-state index is 11.8. The number of benzene rings is 1. The molecular formula is C15H22ClNO2. The minimum atomic E-state index is 0. The quantitative estimate of drug-likeness (QED) is 0.752. The molecule has 0 heterocycles. The first-order chi connectivity index (χ1) is 8.52. The second-order valence-corrected chi connectivity index (χ2v) is 4.67. The topological polar surface area (TPSA) is 29.5 Å². The fourth-order valence-corrected chi connectivity index (χ4v) is 1.70. The van der Waals surface area contributed by atoms with Crippen molar-refractivity contribution in [2.24, 2.45) is 5.92 Å². The average Bonchev–Trinajstić information content (AvgIpc) is 2.35. The average molecular weight is 284 g/mol. The lowest BCUT2D eigenvalue weighted by atomic mass is 10.0. The minimum absolute atomic E-state index is 0. The summed E-state index contributed by atoms with van der Waals surface area (Å²) < 4.78 is 5.08. The maximum absolute atomic E-state index is 11.8. The number of halogens is 1. The van der Waals surface area contributed by atoms with Crippen molar-refractivity contribution in [1.82, 2.24) is 4.90 Å². The predicted octanol–water partition coefficient (Wildman–Crippen LogP) is 2.90. The second kappa shape index (κ2) is 8.73. The molecule has 1 rings (SSSR count). The van der Waals surface area contributed by atoms with E-state index in [9.17, 15) is 4.79 Å². The Balaban J connectivity index is 0.00000324. The zero-order valence-corrected chi connectivity index (χ0v) is 12.7. The van der Waals surface area contributed by atoms with E-state index >= 15 is 0 Å². The number of hydrogen-bond acceptors (Lipinski definition) is 3. The first kappa shape index (κ1) is 17.7. The first-order valence-electron chi connectivity index (χ1n) is 6.03. The van der Waals surface area contributed by atoms with Gasteiger partial charge in [0, 0.05) is 12.5 Å². The summed E-state index contributed by atoms with van der Waals surface area (Å²) in [6, 6.07) is 7.62. The zero-order chi connectivity index (χ0) is 13.5. The Morgan fingerprint density at radius 1 is 1.32 bits per heavy atom. The Hall–Kier alpha value is -1.32. The van der Waals surface area contributed by atoms with E-state index in [4.69, 9.17) is 4.74 Å². The van der Waals surface area contributed by atoms with Crippen LogP contribution in [0.4, 0.5) is 0 Å². The van der Waals surface area contributed by atoms with Crippen LogP contribution in [0.3, 0.4) is 0 Å². The summed E-state index contributed by atoms with van der Waals surface area (Å²) in [5.41, 5.74) is 1.00. The van der Waals surface area contributed by atoms with Gasteiger partial charge in [-0.15, -0.1) is 12.4 Å². The van der Waals surface area contributed by atoms with Gasteiger partial charge in [0.15, 0.2) is 5.78 Å². The molecule has 0 aliphatic heterocycles. The Morgan fingerprint density at radius 2 is 1.89 bits per heavy atom. The molecule has 0 N–H and O–H groups in total. The number of methoxy groups -OCH3 is 1. The van der Waals surface area contributed by atoms with Crippen molar-refractivity contribution in [3.05, 3.63) is 35.9 Å². The number of carbonyl (C=O) groups is 1. The largest absolute Gasteiger partial charge is 0.497 e. The predicted molar refractivity (Wildman–Crippen MR) is 82.0 cm³/mol. The molecule has 0 saturated carbocycles. The molecule has 0 aromatic heterocycles. The number of ketones is 1. The number of hydrogen-bond donors (Lipinski definition) is 0. The second-order valence-electron chi connectivity index (χ2n) is 4.67. The van der Waals surface area contributed by atoms with E-state index in [0.29, 0.717) is 0 Å². The highest BCUT2D eigenvalue weighted by molar-refractivity contribution is 5.95. The van der Waals surface area contributed by atoms with Crippen molar-refractivity contribution in [2.45, 2.75) is 6.92 Å².